The minimum absolute atomic E-state index is 0.146. The van der Waals surface area contributed by atoms with Crippen LogP contribution in [-0.4, -0.2) is 82.7 Å². The van der Waals surface area contributed by atoms with Crippen LogP contribution in [-0.2, 0) is 10.0 Å². The van der Waals surface area contributed by atoms with Gasteiger partial charge >= 0.3 is 0 Å². The third-order valence-electron chi connectivity index (χ3n) is 4.38. The van der Waals surface area contributed by atoms with E-state index in [9.17, 15) is 8.42 Å². The van der Waals surface area contributed by atoms with Gasteiger partial charge in [0.1, 0.15) is 0 Å². The second kappa shape index (κ2) is 9.40. The van der Waals surface area contributed by atoms with Crippen LogP contribution in [0.3, 0.4) is 0 Å². The third-order valence-corrected chi connectivity index (χ3v) is 7.17. The highest BCUT2D eigenvalue weighted by Crippen LogP contribution is 2.22. The van der Waals surface area contributed by atoms with Gasteiger partial charge in [0.25, 0.3) is 0 Å². The zero-order chi connectivity index (χ0) is 18.3. The van der Waals surface area contributed by atoms with Crippen LogP contribution in [0.5, 0.6) is 0 Å². The van der Waals surface area contributed by atoms with Gasteiger partial charge in [-0.15, -0.1) is 11.3 Å². The number of guanidine groups is 1. The van der Waals surface area contributed by atoms with Crippen molar-refractivity contribution in [2.75, 3.05) is 64.0 Å². The van der Waals surface area contributed by atoms with Gasteiger partial charge in [0.2, 0.25) is 10.0 Å². The monoisotopic (exact) mass is 387 g/mol. The van der Waals surface area contributed by atoms with E-state index in [1.54, 1.807) is 32.4 Å². The van der Waals surface area contributed by atoms with Crippen LogP contribution in [0.2, 0.25) is 0 Å². The van der Waals surface area contributed by atoms with Crippen LogP contribution in [0.1, 0.15) is 13.3 Å². The normalized spacial score (nSPS) is 16.6. The molecule has 0 aromatic carbocycles. The maximum Gasteiger partial charge on any atom is 0.213 e. The van der Waals surface area contributed by atoms with Crippen molar-refractivity contribution in [1.29, 1.82) is 0 Å². The molecule has 0 aliphatic carbocycles. The number of nitrogens with zero attached hydrogens (tertiary/aromatic N) is 4. The van der Waals surface area contributed by atoms with Crippen molar-refractivity contribution in [2.24, 2.45) is 4.99 Å². The molecule has 0 amide bonds. The lowest BCUT2D eigenvalue weighted by Gasteiger charge is -2.37. The lowest BCUT2D eigenvalue weighted by molar-refractivity contribution is 0.372. The van der Waals surface area contributed by atoms with Gasteiger partial charge in [-0.1, -0.05) is 0 Å². The maximum atomic E-state index is 11.7. The van der Waals surface area contributed by atoms with Gasteiger partial charge in [0, 0.05) is 53.4 Å². The van der Waals surface area contributed by atoms with Crippen molar-refractivity contribution in [2.45, 2.75) is 13.3 Å². The Balaban J connectivity index is 1.73. The van der Waals surface area contributed by atoms with Gasteiger partial charge in [-0.25, -0.2) is 12.7 Å². The lowest BCUT2D eigenvalue weighted by atomic mass is 10.3. The molecule has 0 spiro atoms. The molecular weight excluding hydrogens is 358 g/mol. The average molecular weight is 388 g/mol. The summed E-state index contributed by atoms with van der Waals surface area (Å²) in [6, 6.07) is 4.25. The molecule has 0 unspecified atom stereocenters. The van der Waals surface area contributed by atoms with Crippen molar-refractivity contribution < 1.29 is 8.42 Å². The molecule has 0 atom stereocenters. The number of hydrogen-bond donors (Lipinski definition) is 1. The highest BCUT2D eigenvalue weighted by Gasteiger charge is 2.20. The Morgan fingerprint density at radius 3 is 2.64 bits per heavy atom. The predicted molar refractivity (Wildman–Crippen MR) is 106 cm³/mol. The van der Waals surface area contributed by atoms with Crippen LogP contribution in [0, 0.1) is 0 Å². The van der Waals surface area contributed by atoms with Crippen LogP contribution < -0.4 is 10.2 Å². The molecule has 0 radical (unpaired) electrons. The fourth-order valence-corrected chi connectivity index (χ4v) is 4.42. The summed E-state index contributed by atoms with van der Waals surface area (Å²) in [5.74, 6) is 1.04. The molecule has 2 rings (SSSR count). The molecule has 0 saturated carbocycles. The predicted octanol–water partition coefficient (Wildman–Crippen LogP) is 1.12. The Kier molecular flexibility index (Phi) is 7.52. The number of piperazine rings is 1. The molecular formula is C16H29N5O2S2. The van der Waals surface area contributed by atoms with Gasteiger partial charge in [0.15, 0.2) is 5.96 Å². The van der Waals surface area contributed by atoms with E-state index in [-0.39, 0.29) is 5.75 Å². The fraction of sp³-hybridized carbons (Fsp3) is 0.688. The highest BCUT2D eigenvalue weighted by molar-refractivity contribution is 7.89. The van der Waals surface area contributed by atoms with E-state index in [2.05, 4.69) is 37.6 Å². The van der Waals surface area contributed by atoms with Crippen molar-refractivity contribution >= 4 is 32.3 Å². The van der Waals surface area contributed by atoms with Gasteiger partial charge in [0.05, 0.1) is 10.8 Å². The summed E-state index contributed by atoms with van der Waals surface area (Å²) in [5.41, 5.74) is 0. The molecule has 0 bridgehead atoms. The first-order valence-electron chi connectivity index (χ1n) is 8.66. The second-order valence-corrected chi connectivity index (χ2v) is 9.27. The molecule has 1 aliphatic rings. The molecule has 1 aromatic heterocycles. The topological polar surface area (TPSA) is 68.2 Å². The van der Waals surface area contributed by atoms with E-state index in [1.165, 1.54) is 9.31 Å². The summed E-state index contributed by atoms with van der Waals surface area (Å²) in [6.45, 7) is 6.73. The highest BCUT2D eigenvalue weighted by atomic mass is 32.2. The molecule has 1 saturated heterocycles. The quantitative estimate of drug-likeness (QED) is 0.431. The lowest BCUT2D eigenvalue weighted by Crippen LogP contribution is -2.52. The zero-order valence-corrected chi connectivity index (χ0v) is 16.9. The standard InChI is InChI=1S/C16H29N5O2S2/c1-4-25(22,23)19(3)9-6-8-18-16(17-2)21-12-10-20(11-13-21)15-7-5-14-24-15/h5,7,14H,4,6,8-13H2,1-3H3,(H,17,18). The van der Waals surface area contributed by atoms with Crippen molar-refractivity contribution in [1.82, 2.24) is 14.5 Å². The first-order valence-corrected chi connectivity index (χ1v) is 11.1. The van der Waals surface area contributed by atoms with Crippen molar-refractivity contribution in [3.05, 3.63) is 17.5 Å². The van der Waals surface area contributed by atoms with Crippen molar-refractivity contribution in [3.63, 3.8) is 0 Å². The number of nitrogens with one attached hydrogen (secondary N) is 1. The summed E-state index contributed by atoms with van der Waals surface area (Å²) < 4.78 is 24.9. The van der Waals surface area contributed by atoms with Crippen LogP contribution in [0.25, 0.3) is 0 Å². The second-order valence-electron chi connectivity index (χ2n) is 5.98. The fourth-order valence-electron chi connectivity index (χ4n) is 2.78. The first-order chi connectivity index (χ1) is 12.0. The van der Waals surface area contributed by atoms with E-state index in [0.29, 0.717) is 13.1 Å². The van der Waals surface area contributed by atoms with E-state index in [4.69, 9.17) is 0 Å². The molecule has 142 valence electrons. The van der Waals surface area contributed by atoms with Gasteiger partial charge in [-0.2, -0.15) is 0 Å². The number of hydrogen-bond acceptors (Lipinski definition) is 5. The van der Waals surface area contributed by atoms with Gasteiger partial charge in [-0.05, 0) is 30.9 Å². The Hall–Kier alpha value is -1.32. The molecule has 1 aromatic rings. The summed E-state index contributed by atoms with van der Waals surface area (Å²) in [6.07, 6.45) is 0.754. The summed E-state index contributed by atoms with van der Waals surface area (Å²) in [5, 5.41) is 6.78. The molecule has 9 heteroatoms. The molecule has 7 nitrogen and oxygen atoms in total. The largest absolute Gasteiger partial charge is 0.360 e. The Morgan fingerprint density at radius 2 is 2.08 bits per heavy atom. The molecule has 1 aliphatic heterocycles. The van der Waals surface area contributed by atoms with Gasteiger partial charge < -0.3 is 15.1 Å². The van der Waals surface area contributed by atoms with E-state index < -0.39 is 10.0 Å². The Labute approximate surface area is 155 Å². The number of sulfonamides is 1. The number of rotatable bonds is 7. The SMILES string of the molecule is CCS(=O)(=O)N(C)CCCNC(=NC)N1CCN(c2cccs2)CC1. The van der Waals surface area contributed by atoms with Crippen molar-refractivity contribution in [3.8, 4) is 0 Å². The van der Waals surface area contributed by atoms with E-state index >= 15 is 0 Å². The maximum absolute atomic E-state index is 11.7. The number of anilines is 1. The van der Waals surface area contributed by atoms with Gasteiger partial charge in [-0.3, -0.25) is 4.99 Å². The minimum atomic E-state index is -3.09. The van der Waals surface area contributed by atoms with Crippen LogP contribution >= 0.6 is 11.3 Å². The first kappa shape index (κ1) is 20.0. The van der Waals surface area contributed by atoms with Crippen LogP contribution in [0.15, 0.2) is 22.5 Å². The molecule has 25 heavy (non-hydrogen) atoms. The van der Waals surface area contributed by atoms with Crippen LogP contribution in [0.4, 0.5) is 5.00 Å². The number of aliphatic imine (C=N–C) groups is 1. The molecule has 1 N–H and O–H groups in total. The summed E-state index contributed by atoms with van der Waals surface area (Å²) in [4.78, 5) is 9.03. The third kappa shape index (κ3) is 5.58. The Bertz CT molecular complexity index is 637. The van der Waals surface area contributed by atoms with E-state index in [1.807, 2.05) is 0 Å². The number of thiophene rings is 1. The smallest absolute Gasteiger partial charge is 0.213 e. The molecule has 2 heterocycles. The molecule has 1 fully saturated rings. The zero-order valence-electron chi connectivity index (χ0n) is 15.3. The minimum Gasteiger partial charge on any atom is -0.360 e. The summed E-state index contributed by atoms with van der Waals surface area (Å²) in [7, 11) is 0.337. The Morgan fingerprint density at radius 1 is 1.36 bits per heavy atom. The van der Waals surface area contributed by atoms with E-state index in [0.717, 1.165) is 38.6 Å². The average Bonchev–Trinajstić information content (AvgIpc) is 3.16. The summed E-state index contributed by atoms with van der Waals surface area (Å²) >= 11 is 1.78.